The molecular formula is C17H15Cl2NO2. The van der Waals surface area contributed by atoms with Crippen molar-refractivity contribution in [2.75, 3.05) is 6.61 Å². The highest BCUT2D eigenvalue weighted by molar-refractivity contribution is 6.42. The van der Waals surface area contributed by atoms with E-state index in [2.05, 4.69) is 0 Å². The van der Waals surface area contributed by atoms with Crippen LogP contribution in [0.4, 0.5) is 0 Å². The highest BCUT2D eigenvalue weighted by Crippen LogP contribution is 2.27. The van der Waals surface area contributed by atoms with E-state index in [0.29, 0.717) is 28.6 Å². The molecule has 1 heterocycles. The van der Waals surface area contributed by atoms with E-state index in [4.69, 9.17) is 23.2 Å². The minimum absolute atomic E-state index is 0.0681. The van der Waals surface area contributed by atoms with Crippen LogP contribution >= 0.6 is 23.2 Å². The fourth-order valence-corrected chi connectivity index (χ4v) is 3.08. The molecule has 0 bridgehead atoms. The molecule has 5 heteroatoms. The van der Waals surface area contributed by atoms with Crippen molar-refractivity contribution in [3.8, 4) is 0 Å². The Morgan fingerprint density at radius 2 is 1.86 bits per heavy atom. The number of fused-ring (bicyclic) bond motifs is 1. The summed E-state index contributed by atoms with van der Waals surface area (Å²) in [6.07, 6.45) is 0.653. The zero-order chi connectivity index (χ0) is 15.7. The van der Waals surface area contributed by atoms with Crippen LogP contribution in [0.5, 0.6) is 0 Å². The summed E-state index contributed by atoms with van der Waals surface area (Å²) in [5, 5.41) is 10.4. The minimum Gasteiger partial charge on any atom is -0.394 e. The molecule has 22 heavy (non-hydrogen) atoms. The summed E-state index contributed by atoms with van der Waals surface area (Å²) < 4.78 is 0. The van der Waals surface area contributed by atoms with E-state index in [-0.39, 0.29) is 18.6 Å². The molecule has 3 rings (SSSR count). The fraction of sp³-hybridized carbons (Fsp3) is 0.235. The highest BCUT2D eigenvalue weighted by atomic mass is 35.5. The van der Waals surface area contributed by atoms with Crippen LogP contribution in [-0.2, 0) is 13.0 Å². The van der Waals surface area contributed by atoms with Gasteiger partial charge in [0.2, 0.25) is 0 Å². The molecule has 0 aromatic heterocycles. The van der Waals surface area contributed by atoms with Gasteiger partial charge >= 0.3 is 0 Å². The van der Waals surface area contributed by atoms with Crippen molar-refractivity contribution in [2.45, 2.75) is 19.0 Å². The summed E-state index contributed by atoms with van der Waals surface area (Å²) in [7, 11) is 0. The number of benzene rings is 2. The van der Waals surface area contributed by atoms with E-state index < -0.39 is 0 Å². The number of nitrogens with zero attached hydrogens (tertiary/aromatic N) is 1. The number of amides is 1. The van der Waals surface area contributed by atoms with Crippen LogP contribution in [0, 0.1) is 0 Å². The van der Waals surface area contributed by atoms with Crippen molar-refractivity contribution < 1.29 is 9.90 Å². The molecule has 0 radical (unpaired) electrons. The topological polar surface area (TPSA) is 40.5 Å². The number of carbonyl (C=O) groups is 1. The van der Waals surface area contributed by atoms with Gasteiger partial charge in [0.05, 0.1) is 22.7 Å². The zero-order valence-corrected chi connectivity index (χ0v) is 13.3. The average molecular weight is 336 g/mol. The van der Waals surface area contributed by atoms with Gasteiger partial charge in [0.25, 0.3) is 5.91 Å². The quantitative estimate of drug-likeness (QED) is 0.911. The van der Waals surface area contributed by atoms with Crippen LogP contribution in [0.25, 0.3) is 0 Å². The maximum atomic E-state index is 12.8. The summed E-state index contributed by atoms with van der Waals surface area (Å²) in [5.74, 6) is -0.146. The van der Waals surface area contributed by atoms with Gasteiger partial charge in [-0.25, -0.2) is 0 Å². The summed E-state index contributed by atoms with van der Waals surface area (Å²) in [4.78, 5) is 14.5. The van der Waals surface area contributed by atoms with E-state index in [1.54, 1.807) is 23.1 Å². The average Bonchev–Trinajstić information content (AvgIpc) is 2.55. The van der Waals surface area contributed by atoms with Crippen molar-refractivity contribution in [3.63, 3.8) is 0 Å². The van der Waals surface area contributed by atoms with Crippen LogP contribution < -0.4 is 0 Å². The standard InChI is InChI=1S/C17H15Cl2NO2/c18-15-6-5-12(8-16(15)19)17(22)20-9-13-4-2-1-3-11(13)7-14(20)10-21/h1-6,8,14,21H,7,9-10H2/t14-/m0/s1. The Hall–Kier alpha value is -1.55. The third-order valence-corrected chi connectivity index (χ3v) is 4.73. The van der Waals surface area contributed by atoms with Crippen molar-refractivity contribution in [1.29, 1.82) is 0 Å². The lowest BCUT2D eigenvalue weighted by molar-refractivity contribution is 0.0544. The molecule has 0 saturated heterocycles. The van der Waals surface area contributed by atoms with E-state index in [1.165, 1.54) is 5.56 Å². The van der Waals surface area contributed by atoms with E-state index in [9.17, 15) is 9.90 Å². The number of halogens is 2. The molecule has 1 amide bonds. The largest absolute Gasteiger partial charge is 0.394 e. The van der Waals surface area contributed by atoms with Crippen molar-refractivity contribution in [2.24, 2.45) is 0 Å². The molecule has 2 aromatic carbocycles. The number of rotatable bonds is 2. The van der Waals surface area contributed by atoms with E-state index in [1.807, 2.05) is 24.3 Å². The molecule has 114 valence electrons. The number of hydrogen-bond acceptors (Lipinski definition) is 2. The van der Waals surface area contributed by atoms with Gasteiger partial charge in [0, 0.05) is 12.1 Å². The molecule has 1 N–H and O–H groups in total. The Bertz CT molecular complexity index is 718. The Morgan fingerprint density at radius 3 is 2.55 bits per heavy atom. The summed E-state index contributed by atoms with van der Waals surface area (Å²) in [6.45, 7) is 0.419. The lowest BCUT2D eigenvalue weighted by atomic mass is 9.93. The predicted molar refractivity (Wildman–Crippen MR) is 87.4 cm³/mol. The SMILES string of the molecule is O=C(c1ccc(Cl)c(Cl)c1)N1Cc2ccccc2C[C@H]1CO. The van der Waals surface area contributed by atoms with Gasteiger partial charge in [0.1, 0.15) is 0 Å². The first-order valence-corrected chi connectivity index (χ1v) is 7.79. The molecule has 0 aliphatic carbocycles. The second kappa shape index (κ2) is 6.29. The maximum Gasteiger partial charge on any atom is 0.254 e. The van der Waals surface area contributed by atoms with Gasteiger partial charge in [-0.3, -0.25) is 4.79 Å². The lowest BCUT2D eigenvalue weighted by Crippen LogP contribution is -2.46. The predicted octanol–water partition coefficient (Wildman–Crippen LogP) is 3.55. The third-order valence-electron chi connectivity index (χ3n) is 3.99. The minimum atomic E-state index is -0.225. The molecule has 1 aliphatic heterocycles. The zero-order valence-electron chi connectivity index (χ0n) is 11.8. The van der Waals surface area contributed by atoms with Crippen molar-refractivity contribution >= 4 is 29.1 Å². The smallest absolute Gasteiger partial charge is 0.254 e. The first kappa shape index (κ1) is 15.3. The molecule has 0 saturated carbocycles. The van der Waals surface area contributed by atoms with Gasteiger partial charge in [-0.15, -0.1) is 0 Å². The molecule has 2 aromatic rings. The molecule has 1 atom stereocenters. The lowest BCUT2D eigenvalue weighted by Gasteiger charge is -2.36. The third kappa shape index (κ3) is 2.84. The number of hydrogen-bond donors (Lipinski definition) is 1. The molecule has 1 aliphatic rings. The Kier molecular flexibility index (Phi) is 4.39. The first-order chi connectivity index (χ1) is 10.6. The Morgan fingerprint density at radius 1 is 1.14 bits per heavy atom. The molecule has 0 spiro atoms. The van der Waals surface area contributed by atoms with Gasteiger partial charge in [0.15, 0.2) is 0 Å². The fourth-order valence-electron chi connectivity index (χ4n) is 2.78. The van der Waals surface area contributed by atoms with Crippen LogP contribution in [-0.4, -0.2) is 28.6 Å². The number of aliphatic hydroxyl groups excluding tert-OH is 1. The van der Waals surface area contributed by atoms with Crippen molar-refractivity contribution in [1.82, 2.24) is 4.90 Å². The summed E-state index contributed by atoms with van der Waals surface area (Å²) in [5.41, 5.74) is 2.77. The second-order valence-corrected chi connectivity index (χ2v) is 6.19. The van der Waals surface area contributed by atoms with E-state index in [0.717, 1.165) is 5.56 Å². The summed E-state index contributed by atoms with van der Waals surface area (Å²) >= 11 is 11.9. The van der Waals surface area contributed by atoms with Crippen LogP contribution in [0.2, 0.25) is 10.0 Å². The maximum absolute atomic E-state index is 12.8. The van der Waals surface area contributed by atoms with E-state index >= 15 is 0 Å². The highest BCUT2D eigenvalue weighted by Gasteiger charge is 2.29. The van der Waals surface area contributed by atoms with Crippen LogP contribution in [0.15, 0.2) is 42.5 Å². The summed E-state index contributed by atoms with van der Waals surface area (Å²) in [6, 6.07) is 12.6. The first-order valence-electron chi connectivity index (χ1n) is 7.04. The second-order valence-electron chi connectivity index (χ2n) is 5.37. The van der Waals surface area contributed by atoms with Crippen LogP contribution in [0.3, 0.4) is 0 Å². The molecule has 3 nitrogen and oxygen atoms in total. The molecule has 0 unspecified atom stereocenters. The van der Waals surface area contributed by atoms with Gasteiger partial charge in [-0.2, -0.15) is 0 Å². The Labute approximate surface area is 139 Å². The normalized spacial score (nSPS) is 17.2. The van der Waals surface area contributed by atoms with Gasteiger partial charge < -0.3 is 10.0 Å². The van der Waals surface area contributed by atoms with Gasteiger partial charge in [-0.05, 0) is 35.7 Å². The monoisotopic (exact) mass is 335 g/mol. The number of aliphatic hydroxyl groups is 1. The molecular weight excluding hydrogens is 321 g/mol. The van der Waals surface area contributed by atoms with Crippen molar-refractivity contribution in [3.05, 3.63) is 69.2 Å². The number of carbonyl (C=O) groups excluding carboxylic acids is 1. The Balaban J connectivity index is 1.92. The molecule has 0 fully saturated rings. The van der Waals surface area contributed by atoms with Crippen LogP contribution in [0.1, 0.15) is 21.5 Å². The van der Waals surface area contributed by atoms with Gasteiger partial charge in [-0.1, -0.05) is 47.5 Å².